The molecule has 0 saturated carbocycles. The number of ether oxygens (including phenoxy) is 1. The van der Waals surface area contributed by atoms with Crippen LogP contribution in [-0.2, 0) is 18.3 Å². The Labute approximate surface area is 161 Å². The lowest BCUT2D eigenvalue weighted by Gasteiger charge is -2.23. The highest BCUT2D eigenvalue weighted by Crippen LogP contribution is 2.36. The number of nitrogens with one attached hydrogen (secondary N) is 1. The van der Waals surface area contributed by atoms with Crippen LogP contribution < -0.4 is 10.1 Å². The maximum absolute atomic E-state index is 6.26. The predicted octanol–water partition coefficient (Wildman–Crippen LogP) is 6.40. The Morgan fingerprint density at radius 1 is 0.926 bits per heavy atom. The minimum absolute atomic E-state index is 0.00104. The fraction of sp³-hybridized carbons (Fsp3) is 0.292. The molecule has 138 valence electrons. The van der Waals surface area contributed by atoms with Crippen molar-refractivity contribution < 1.29 is 4.74 Å². The number of fused-ring (bicyclic) bond motifs is 1. The third kappa shape index (κ3) is 3.82. The summed E-state index contributed by atoms with van der Waals surface area (Å²) >= 11 is 0. The molecule has 0 bridgehead atoms. The first-order valence-electron chi connectivity index (χ1n) is 9.62. The summed E-state index contributed by atoms with van der Waals surface area (Å²) in [4.78, 5) is 4.48. The van der Waals surface area contributed by atoms with Gasteiger partial charge in [-0.05, 0) is 66.1 Å². The molecule has 1 aromatic heterocycles. The molecule has 0 amide bonds. The smallest absolute Gasteiger partial charge is 0.243 e. The first-order chi connectivity index (χ1) is 13.0. The van der Waals surface area contributed by atoms with E-state index in [-0.39, 0.29) is 5.41 Å². The highest BCUT2D eigenvalue weighted by atomic mass is 16.5. The monoisotopic (exact) mass is 358 g/mol. The summed E-state index contributed by atoms with van der Waals surface area (Å²) in [6.45, 7) is 6.58. The summed E-state index contributed by atoms with van der Waals surface area (Å²) in [7, 11) is 0. The molecule has 27 heavy (non-hydrogen) atoms. The molecule has 0 saturated heterocycles. The number of nitrogens with zero attached hydrogens (tertiary/aromatic N) is 1. The molecule has 0 aliphatic heterocycles. The average Bonchev–Trinajstić information content (AvgIpc) is 3.11. The van der Waals surface area contributed by atoms with Crippen LogP contribution in [-0.4, -0.2) is 4.98 Å². The minimum atomic E-state index is -0.00104. The number of aryl methyl sites for hydroxylation is 2. The van der Waals surface area contributed by atoms with Gasteiger partial charge >= 0.3 is 0 Å². The van der Waals surface area contributed by atoms with Gasteiger partial charge in [0, 0.05) is 17.4 Å². The number of hydrogen-bond donors (Lipinski definition) is 1. The molecular weight excluding hydrogens is 332 g/mol. The molecule has 0 unspecified atom stereocenters. The van der Waals surface area contributed by atoms with Gasteiger partial charge in [0.15, 0.2) is 0 Å². The van der Waals surface area contributed by atoms with Crippen LogP contribution in [0, 0.1) is 0 Å². The van der Waals surface area contributed by atoms with E-state index in [2.05, 4.69) is 61.4 Å². The molecule has 0 radical (unpaired) electrons. The van der Waals surface area contributed by atoms with Gasteiger partial charge in [-0.1, -0.05) is 45.0 Å². The third-order valence-corrected chi connectivity index (χ3v) is 5.05. The molecule has 2 aromatic carbocycles. The minimum Gasteiger partial charge on any atom is -0.437 e. The van der Waals surface area contributed by atoms with Crippen LogP contribution in [0.15, 0.2) is 60.8 Å². The Morgan fingerprint density at radius 3 is 2.59 bits per heavy atom. The van der Waals surface area contributed by atoms with E-state index in [0.29, 0.717) is 5.88 Å². The fourth-order valence-electron chi connectivity index (χ4n) is 3.65. The molecule has 4 rings (SSSR count). The number of benzene rings is 2. The van der Waals surface area contributed by atoms with E-state index in [4.69, 9.17) is 4.74 Å². The normalized spacial score (nSPS) is 13.3. The Balaban J connectivity index is 1.63. The van der Waals surface area contributed by atoms with Crippen LogP contribution >= 0.6 is 0 Å². The molecule has 3 heteroatoms. The Kier molecular flexibility index (Phi) is 4.61. The zero-order valence-corrected chi connectivity index (χ0v) is 16.3. The van der Waals surface area contributed by atoms with Crippen LogP contribution in [0.5, 0.6) is 11.6 Å². The first-order valence-corrected chi connectivity index (χ1v) is 9.62. The van der Waals surface area contributed by atoms with Crippen molar-refractivity contribution in [2.24, 2.45) is 0 Å². The van der Waals surface area contributed by atoms with Crippen molar-refractivity contribution in [2.45, 2.75) is 45.4 Å². The first kappa shape index (κ1) is 17.6. The zero-order chi connectivity index (χ0) is 18.9. The lowest BCUT2D eigenvalue weighted by atomic mass is 9.86. The summed E-state index contributed by atoms with van der Waals surface area (Å²) in [5.41, 5.74) is 6.04. The number of anilines is 2. The molecule has 1 aliphatic carbocycles. The van der Waals surface area contributed by atoms with Crippen molar-refractivity contribution in [3.05, 3.63) is 77.5 Å². The number of para-hydroxylation sites is 1. The summed E-state index contributed by atoms with van der Waals surface area (Å²) in [5.74, 6) is 1.44. The van der Waals surface area contributed by atoms with Gasteiger partial charge in [0.05, 0.1) is 0 Å². The average molecular weight is 358 g/mol. The van der Waals surface area contributed by atoms with E-state index in [1.54, 1.807) is 6.20 Å². The number of hydrogen-bond acceptors (Lipinski definition) is 3. The number of rotatable bonds is 4. The van der Waals surface area contributed by atoms with Gasteiger partial charge in [-0.2, -0.15) is 0 Å². The van der Waals surface area contributed by atoms with Gasteiger partial charge in [0.1, 0.15) is 11.4 Å². The lowest BCUT2D eigenvalue weighted by Crippen LogP contribution is -2.12. The van der Waals surface area contributed by atoms with Crippen molar-refractivity contribution in [3.8, 4) is 11.6 Å². The zero-order valence-electron chi connectivity index (χ0n) is 16.3. The fourth-order valence-corrected chi connectivity index (χ4v) is 3.65. The van der Waals surface area contributed by atoms with Crippen molar-refractivity contribution in [3.63, 3.8) is 0 Å². The largest absolute Gasteiger partial charge is 0.437 e. The van der Waals surface area contributed by atoms with Gasteiger partial charge in [-0.25, -0.2) is 4.98 Å². The van der Waals surface area contributed by atoms with Crippen LogP contribution in [0.25, 0.3) is 0 Å². The molecular formula is C24H26N2O. The standard InChI is InChI=1S/C24H26N2O/c1-24(2,3)20-10-4-5-12-22(20)27-23-21(11-7-15-25-23)26-19-14-13-17-8-6-9-18(17)16-19/h4-5,7,10-16,26H,6,8-9H2,1-3H3. The van der Waals surface area contributed by atoms with Crippen LogP contribution in [0.4, 0.5) is 11.4 Å². The van der Waals surface area contributed by atoms with E-state index >= 15 is 0 Å². The van der Waals surface area contributed by atoms with Gasteiger partial charge in [0.25, 0.3) is 0 Å². The summed E-state index contributed by atoms with van der Waals surface area (Å²) < 4.78 is 6.26. The van der Waals surface area contributed by atoms with E-state index in [1.165, 1.54) is 36.0 Å². The molecule has 0 spiro atoms. The van der Waals surface area contributed by atoms with Gasteiger partial charge in [-0.15, -0.1) is 0 Å². The topological polar surface area (TPSA) is 34.1 Å². The Morgan fingerprint density at radius 2 is 1.74 bits per heavy atom. The predicted molar refractivity (Wildman–Crippen MR) is 111 cm³/mol. The molecule has 3 nitrogen and oxygen atoms in total. The summed E-state index contributed by atoms with van der Waals surface area (Å²) in [6.07, 6.45) is 5.38. The maximum Gasteiger partial charge on any atom is 0.243 e. The van der Waals surface area contributed by atoms with Crippen molar-refractivity contribution in [2.75, 3.05) is 5.32 Å². The molecule has 0 fully saturated rings. The second kappa shape index (κ2) is 7.07. The van der Waals surface area contributed by atoms with E-state index < -0.39 is 0 Å². The van der Waals surface area contributed by atoms with Crippen molar-refractivity contribution in [1.82, 2.24) is 4.98 Å². The van der Waals surface area contributed by atoms with Gasteiger partial charge in [-0.3, -0.25) is 0 Å². The van der Waals surface area contributed by atoms with Crippen LogP contribution in [0.2, 0.25) is 0 Å². The second-order valence-corrected chi connectivity index (χ2v) is 8.17. The summed E-state index contributed by atoms with van der Waals surface area (Å²) in [5, 5.41) is 3.49. The quantitative estimate of drug-likeness (QED) is 0.585. The van der Waals surface area contributed by atoms with E-state index in [0.717, 1.165) is 17.1 Å². The van der Waals surface area contributed by atoms with Crippen LogP contribution in [0.1, 0.15) is 43.9 Å². The molecule has 1 N–H and O–H groups in total. The van der Waals surface area contributed by atoms with Gasteiger partial charge < -0.3 is 10.1 Å². The van der Waals surface area contributed by atoms with Crippen molar-refractivity contribution >= 4 is 11.4 Å². The highest BCUT2D eigenvalue weighted by Gasteiger charge is 2.20. The van der Waals surface area contributed by atoms with E-state index in [1.807, 2.05) is 24.3 Å². The maximum atomic E-state index is 6.26. The number of aromatic nitrogens is 1. The summed E-state index contributed by atoms with van der Waals surface area (Å²) in [6, 6.07) is 18.7. The molecule has 1 heterocycles. The van der Waals surface area contributed by atoms with Crippen LogP contribution in [0.3, 0.4) is 0 Å². The van der Waals surface area contributed by atoms with Gasteiger partial charge in [0.2, 0.25) is 5.88 Å². The molecule has 3 aromatic rings. The third-order valence-electron chi connectivity index (χ3n) is 5.05. The molecule has 0 atom stereocenters. The van der Waals surface area contributed by atoms with Crippen molar-refractivity contribution in [1.29, 1.82) is 0 Å². The highest BCUT2D eigenvalue weighted by molar-refractivity contribution is 5.66. The second-order valence-electron chi connectivity index (χ2n) is 8.17. The SMILES string of the molecule is CC(C)(C)c1ccccc1Oc1ncccc1Nc1ccc2c(c1)CCC2. The molecule has 1 aliphatic rings. The Hall–Kier alpha value is -2.81. The number of pyridine rings is 1. The van der Waals surface area contributed by atoms with E-state index in [9.17, 15) is 0 Å². The lowest BCUT2D eigenvalue weighted by molar-refractivity contribution is 0.442. The Bertz CT molecular complexity index is 957.